The van der Waals surface area contributed by atoms with E-state index >= 15 is 0 Å². The summed E-state index contributed by atoms with van der Waals surface area (Å²) in [5, 5.41) is 3.36. The monoisotopic (exact) mass is 423 g/mol. The van der Waals surface area contributed by atoms with Crippen molar-refractivity contribution in [3.63, 3.8) is 0 Å². The second-order valence-electron chi connectivity index (χ2n) is 6.74. The number of nitrogens with one attached hydrogen (secondary N) is 1. The van der Waals surface area contributed by atoms with Gasteiger partial charge in [-0.3, -0.25) is 9.59 Å². The van der Waals surface area contributed by atoms with Crippen molar-refractivity contribution in [1.29, 1.82) is 0 Å². The lowest BCUT2D eigenvalue weighted by Crippen LogP contribution is -2.29. The van der Waals surface area contributed by atoms with Gasteiger partial charge in [-0.15, -0.1) is 0 Å². The van der Waals surface area contributed by atoms with Crippen molar-refractivity contribution in [1.82, 2.24) is 5.32 Å². The molecule has 4 rings (SSSR count). The zero-order valence-corrected chi connectivity index (χ0v) is 16.9. The third-order valence-corrected chi connectivity index (χ3v) is 4.75. The van der Waals surface area contributed by atoms with Gasteiger partial charge in [0.2, 0.25) is 11.2 Å². The standard InChI is InChI=1S/C23H18ClNO5/c1-14-4-6-15(7-5-14)22-23(21(27)18-11-16(24)8-9-19(18)30-22)29-13-20(26)25-12-17-3-2-10-28-17/h2-11H,12-13H2,1H3,(H,25,26). The van der Waals surface area contributed by atoms with Crippen molar-refractivity contribution in [2.45, 2.75) is 13.5 Å². The van der Waals surface area contributed by atoms with Crippen LogP contribution in [-0.4, -0.2) is 12.5 Å². The molecule has 0 aliphatic carbocycles. The van der Waals surface area contributed by atoms with Crippen molar-refractivity contribution < 1.29 is 18.4 Å². The highest BCUT2D eigenvalue weighted by atomic mass is 35.5. The van der Waals surface area contributed by atoms with Gasteiger partial charge in [-0.1, -0.05) is 41.4 Å². The van der Waals surface area contributed by atoms with Gasteiger partial charge >= 0.3 is 0 Å². The summed E-state index contributed by atoms with van der Waals surface area (Å²) in [5.41, 5.74) is 1.72. The van der Waals surface area contributed by atoms with Crippen LogP contribution >= 0.6 is 11.6 Å². The smallest absolute Gasteiger partial charge is 0.258 e. The van der Waals surface area contributed by atoms with Crippen molar-refractivity contribution in [2.75, 3.05) is 6.61 Å². The minimum Gasteiger partial charge on any atom is -0.476 e. The number of carbonyl (C=O) groups is 1. The van der Waals surface area contributed by atoms with Crippen LogP contribution in [0.5, 0.6) is 5.75 Å². The molecule has 0 aliphatic rings. The summed E-state index contributed by atoms with van der Waals surface area (Å²) in [4.78, 5) is 25.3. The van der Waals surface area contributed by atoms with Gasteiger partial charge in [0.05, 0.1) is 18.2 Å². The van der Waals surface area contributed by atoms with Crippen molar-refractivity contribution in [2.24, 2.45) is 0 Å². The van der Waals surface area contributed by atoms with Crippen LogP contribution in [0.2, 0.25) is 5.02 Å². The van der Waals surface area contributed by atoms with Gasteiger partial charge in [0, 0.05) is 10.6 Å². The van der Waals surface area contributed by atoms with Crippen LogP contribution in [0.15, 0.2) is 74.5 Å². The first-order valence-electron chi connectivity index (χ1n) is 9.26. The molecule has 0 bridgehead atoms. The lowest BCUT2D eigenvalue weighted by atomic mass is 10.1. The maximum atomic E-state index is 13.1. The molecule has 0 spiro atoms. The van der Waals surface area contributed by atoms with Gasteiger partial charge in [-0.05, 0) is 37.3 Å². The van der Waals surface area contributed by atoms with E-state index in [2.05, 4.69) is 5.32 Å². The van der Waals surface area contributed by atoms with E-state index < -0.39 is 11.3 Å². The maximum absolute atomic E-state index is 13.1. The third kappa shape index (κ3) is 4.23. The summed E-state index contributed by atoms with van der Waals surface area (Å²) >= 11 is 6.04. The molecule has 0 saturated heterocycles. The van der Waals surface area contributed by atoms with Crippen LogP contribution < -0.4 is 15.5 Å². The molecule has 152 valence electrons. The van der Waals surface area contributed by atoms with Crippen LogP contribution in [0.3, 0.4) is 0 Å². The predicted octanol–water partition coefficient (Wildman–Crippen LogP) is 4.71. The van der Waals surface area contributed by atoms with E-state index in [1.807, 2.05) is 31.2 Å². The Hall–Kier alpha value is -3.51. The zero-order valence-electron chi connectivity index (χ0n) is 16.1. The van der Waals surface area contributed by atoms with Gasteiger partial charge in [-0.25, -0.2) is 0 Å². The molecule has 4 aromatic rings. The number of fused-ring (bicyclic) bond motifs is 1. The minimum atomic E-state index is -0.396. The van der Waals surface area contributed by atoms with Gasteiger partial charge in [-0.2, -0.15) is 0 Å². The molecular formula is C23H18ClNO5. The van der Waals surface area contributed by atoms with Crippen molar-refractivity contribution in [3.8, 4) is 17.1 Å². The number of amides is 1. The normalized spacial score (nSPS) is 10.9. The Morgan fingerprint density at radius 1 is 1.13 bits per heavy atom. The van der Waals surface area contributed by atoms with Crippen molar-refractivity contribution >= 4 is 28.5 Å². The summed E-state index contributed by atoms with van der Waals surface area (Å²) in [5.74, 6) is 0.436. The summed E-state index contributed by atoms with van der Waals surface area (Å²) in [7, 11) is 0. The van der Waals surface area contributed by atoms with E-state index in [0.29, 0.717) is 21.9 Å². The molecule has 0 unspecified atom stereocenters. The van der Waals surface area contributed by atoms with E-state index in [0.717, 1.165) is 5.56 Å². The first-order valence-corrected chi connectivity index (χ1v) is 9.64. The van der Waals surface area contributed by atoms with Gasteiger partial charge in [0.15, 0.2) is 12.4 Å². The number of ether oxygens (including phenoxy) is 1. The fourth-order valence-electron chi connectivity index (χ4n) is 2.96. The molecule has 0 radical (unpaired) electrons. The van der Waals surface area contributed by atoms with Gasteiger partial charge in [0.25, 0.3) is 5.91 Å². The summed E-state index contributed by atoms with van der Waals surface area (Å²) < 4.78 is 16.8. The highest BCUT2D eigenvalue weighted by Crippen LogP contribution is 2.31. The summed E-state index contributed by atoms with van der Waals surface area (Å²) in [6.45, 7) is 1.83. The Bertz CT molecular complexity index is 1240. The molecule has 1 N–H and O–H groups in total. The lowest BCUT2D eigenvalue weighted by Gasteiger charge is -2.12. The zero-order chi connectivity index (χ0) is 21.1. The SMILES string of the molecule is Cc1ccc(-c2oc3ccc(Cl)cc3c(=O)c2OCC(=O)NCc2ccco2)cc1. The fourth-order valence-corrected chi connectivity index (χ4v) is 3.14. The predicted molar refractivity (Wildman–Crippen MR) is 114 cm³/mol. The van der Waals surface area contributed by atoms with Crippen LogP contribution in [0.4, 0.5) is 0 Å². The molecular weight excluding hydrogens is 406 g/mol. The highest BCUT2D eigenvalue weighted by molar-refractivity contribution is 6.31. The topological polar surface area (TPSA) is 81.7 Å². The van der Waals surface area contributed by atoms with Crippen LogP contribution in [0.25, 0.3) is 22.3 Å². The molecule has 6 nitrogen and oxygen atoms in total. The molecule has 0 fully saturated rings. The highest BCUT2D eigenvalue weighted by Gasteiger charge is 2.19. The number of benzene rings is 2. The average molecular weight is 424 g/mol. The molecule has 1 amide bonds. The summed E-state index contributed by atoms with van der Waals surface area (Å²) in [6, 6.07) is 15.8. The molecule has 30 heavy (non-hydrogen) atoms. The maximum Gasteiger partial charge on any atom is 0.258 e. The molecule has 2 aromatic heterocycles. The Labute approximate surface area is 177 Å². The van der Waals surface area contributed by atoms with E-state index in [1.165, 1.54) is 12.3 Å². The Balaban J connectivity index is 1.66. The first-order chi connectivity index (χ1) is 14.5. The van der Waals surface area contributed by atoms with Crippen LogP contribution in [0.1, 0.15) is 11.3 Å². The molecule has 7 heteroatoms. The molecule has 0 atom stereocenters. The Kier molecular flexibility index (Phi) is 5.59. The average Bonchev–Trinajstić information content (AvgIpc) is 3.26. The second-order valence-corrected chi connectivity index (χ2v) is 7.18. The number of aryl methyl sites for hydroxylation is 1. The number of carbonyl (C=O) groups excluding carboxylic acids is 1. The largest absolute Gasteiger partial charge is 0.476 e. The number of halogens is 1. The van der Waals surface area contributed by atoms with E-state index in [9.17, 15) is 9.59 Å². The first kappa shape index (κ1) is 19.8. The van der Waals surface area contributed by atoms with Crippen molar-refractivity contribution in [3.05, 3.63) is 87.4 Å². The molecule has 2 heterocycles. The Morgan fingerprint density at radius 2 is 1.93 bits per heavy atom. The lowest BCUT2D eigenvalue weighted by molar-refractivity contribution is -0.123. The van der Waals surface area contributed by atoms with E-state index in [-0.39, 0.29) is 30.0 Å². The van der Waals surface area contributed by atoms with Crippen LogP contribution in [-0.2, 0) is 11.3 Å². The minimum absolute atomic E-state index is 0.0400. The van der Waals surface area contributed by atoms with E-state index in [1.54, 1.807) is 24.3 Å². The number of rotatable bonds is 6. The Morgan fingerprint density at radius 3 is 2.67 bits per heavy atom. The van der Waals surface area contributed by atoms with Gasteiger partial charge in [0.1, 0.15) is 11.3 Å². The van der Waals surface area contributed by atoms with E-state index in [4.69, 9.17) is 25.2 Å². The van der Waals surface area contributed by atoms with Gasteiger partial charge < -0.3 is 18.9 Å². The number of hydrogen-bond acceptors (Lipinski definition) is 5. The van der Waals surface area contributed by atoms with Crippen LogP contribution in [0, 0.1) is 6.92 Å². The molecule has 2 aromatic carbocycles. The summed E-state index contributed by atoms with van der Waals surface area (Å²) in [6.07, 6.45) is 1.53. The number of furan rings is 1. The number of hydrogen-bond donors (Lipinski definition) is 1. The second kappa shape index (κ2) is 8.47. The molecule has 0 saturated carbocycles. The fraction of sp³-hybridized carbons (Fsp3) is 0.130. The third-order valence-electron chi connectivity index (χ3n) is 4.51. The quantitative estimate of drug-likeness (QED) is 0.485. The molecule has 0 aliphatic heterocycles.